The van der Waals surface area contributed by atoms with Crippen molar-refractivity contribution < 1.29 is 27.4 Å². The van der Waals surface area contributed by atoms with E-state index in [-0.39, 0.29) is 10.5 Å². The lowest BCUT2D eigenvalue weighted by atomic mass is 10.2. The number of carbonyl (C=O) groups is 1. The van der Waals surface area contributed by atoms with E-state index in [1.54, 1.807) is 0 Å². The topological polar surface area (TPSA) is 35.5 Å². The van der Waals surface area contributed by atoms with Crippen molar-refractivity contribution in [3.8, 4) is 5.75 Å². The number of hydrogen-bond donors (Lipinski definition) is 1. The van der Waals surface area contributed by atoms with Crippen LogP contribution in [-0.4, -0.2) is 19.4 Å². The Hall–Kier alpha value is -1.37. The molecule has 3 nitrogen and oxygen atoms in total. The van der Waals surface area contributed by atoms with E-state index in [0.717, 1.165) is 13.2 Å². The van der Waals surface area contributed by atoms with Crippen LogP contribution >= 0.6 is 12.6 Å². The van der Waals surface area contributed by atoms with E-state index in [0.29, 0.717) is 0 Å². The number of thiol groups is 1. The number of methoxy groups -OCH3 is 1. The van der Waals surface area contributed by atoms with Gasteiger partial charge >= 0.3 is 12.3 Å². The molecule has 0 aromatic heterocycles. The minimum atomic E-state index is -4.83. The lowest BCUT2D eigenvalue weighted by Gasteiger charge is -2.11. The quantitative estimate of drug-likeness (QED) is 0.649. The van der Waals surface area contributed by atoms with Gasteiger partial charge in [-0.3, -0.25) is 0 Å². The highest BCUT2D eigenvalue weighted by molar-refractivity contribution is 7.80. The van der Waals surface area contributed by atoms with Crippen molar-refractivity contribution in [3.63, 3.8) is 0 Å². The zero-order chi connectivity index (χ0) is 12.3. The maximum Gasteiger partial charge on any atom is 0.573 e. The summed E-state index contributed by atoms with van der Waals surface area (Å²) >= 11 is 3.78. The standard InChI is InChI=1S/C9H7F3O3S/c1-14-8(13)5-2-3-7(16)6(4-5)15-9(10,11)12/h2-4,16H,1H3. The summed E-state index contributed by atoms with van der Waals surface area (Å²) < 4.78 is 43.9. The highest BCUT2D eigenvalue weighted by Crippen LogP contribution is 2.29. The molecule has 0 saturated heterocycles. The molecule has 1 rings (SSSR count). The lowest BCUT2D eigenvalue weighted by molar-refractivity contribution is -0.275. The number of halogens is 3. The van der Waals surface area contributed by atoms with Crippen LogP contribution in [0.1, 0.15) is 10.4 Å². The number of hydrogen-bond acceptors (Lipinski definition) is 4. The smallest absolute Gasteiger partial charge is 0.465 e. The van der Waals surface area contributed by atoms with E-state index in [1.165, 1.54) is 12.1 Å². The second-order valence-corrected chi connectivity index (χ2v) is 3.20. The van der Waals surface area contributed by atoms with Crippen LogP contribution in [0.2, 0.25) is 0 Å². The Morgan fingerprint density at radius 1 is 1.38 bits per heavy atom. The van der Waals surface area contributed by atoms with Crippen molar-refractivity contribution in [1.29, 1.82) is 0 Å². The van der Waals surface area contributed by atoms with E-state index in [1.807, 2.05) is 0 Å². The number of carbonyl (C=O) groups excluding carboxylic acids is 1. The van der Waals surface area contributed by atoms with Crippen molar-refractivity contribution >= 4 is 18.6 Å². The zero-order valence-electron chi connectivity index (χ0n) is 8.04. The van der Waals surface area contributed by atoms with Crippen molar-refractivity contribution in [1.82, 2.24) is 0 Å². The van der Waals surface area contributed by atoms with Crippen LogP contribution in [-0.2, 0) is 4.74 Å². The van der Waals surface area contributed by atoms with Crippen LogP contribution in [0.4, 0.5) is 13.2 Å². The van der Waals surface area contributed by atoms with Gasteiger partial charge in [0.05, 0.1) is 12.7 Å². The van der Waals surface area contributed by atoms with E-state index in [9.17, 15) is 18.0 Å². The van der Waals surface area contributed by atoms with Crippen LogP contribution in [0, 0.1) is 0 Å². The fraction of sp³-hybridized carbons (Fsp3) is 0.222. The van der Waals surface area contributed by atoms with Crippen LogP contribution < -0.4 is 4.74 Å². The molecular weight excluding hydrogens is 245 g/mol. The van der Waals surface area contributed by atoms with Gasteiger partial charge in [0.2, 0.25) is 0 Å². The summed E-state index contributed by atoms with van der Waals surface area (Å²) in [6.07, 6.45) is -4.83. The number of alkyl halides is 3. The van der Waals surface area contributed by atoms with Crippen LogP contribution in [0.25, 0.3) is 0 Å². The van der Waals surface area contributed by atoms with Gasteiger partial charge in [-0.1, -0.05) is 0 Å². The number of benzene rings is 1. The van der Waals surface area contributed by atoms with Gasteiger partial charge < -0.3 is 9.47 Å². The van der Waals surface area contributed by atoms with E-state index >= 15 is 0 Å². The third-order valence-corrected chi connectivity index (χ3v) is 1.98. The minimum absolute atomic E-state index is 0.0232. The normalized spacial score (nSPS) is 11.1. The Balaban J connectivity index is 3.04. The summed E-state index contributed by atoms with van der Waals surface area (Å²) in [7, 11) is 1.13. The summed E-state index contributed by atoms with van der Waals surface area (Å²) in [5, 5.41) is 0. The summed E-state index contributed by atoms with van der Waals surface area (Å²) in [4.78, 5) is 11.0. The molecular formula is C9H7F3O3S. The zero-order valence-corrected chi connectivity index (χ0v) is 8.93. The van der Waals surface area contributed by atoms with Gasteiger partial charge in [-0.05, 0) is 18.2 Å². The predicted molar refractivity (Wildman–Crippen MR) is 51.7 cm³/mol. The second kappa shape index (κ2) is 4.65. The predicted octanol–water partition coefficient (Wildman–Crippen LogP) is 2.66. The second-order valence-electron chi connectivity index (χ2n) is 2.72. The molecule has 7 heteroatoms. The van der Waals surface area contributed by atoms with Gasteiger partial charge in [-0.2, -0.15) is 0 Å². The van der Waals surface area contributed by atoms with Gasteiger partial charge in [-0.25, -0.2) is 4.79 Å². The number of rotatable bonds is 2. The summed E-state index contributed by atoms with van der Waals surface area (Å²) in [5.41, 5.74) is -0.0421. The third-order valence-electron chi connectivity index (χ3n) is 1.61. The fourth-order valence-electron chi connectivity index (χ4n) is 0.965. The molecule has 0 aliphatic carbocycles. The van der Waals surface area contributed by atoms with E-state index in [2.05, 4.69) is 22.1 Å². The van der Waals surface area contributed by atoms with E-state index < -0.39 is 18.1 Å². The SMILES string of the molecule is COC(=O)c1ccc(S)c(OC(F)(F)F)c1. The number of esters is 1. The average Bonchev–Trinajstić information content (AvgIpc) is 2.18. The summed E-state index contributed by atoms with van der Waals surface area (Å²) in [6.45, 7) is 0. The van der Waals surface area contributed by atoms with Crippen molar-refractivity contribution in [2.24, 2.45) is 0 Å². The monoisotopic (exact) mass is 252 g/mol. The molecule has 0 radical (unpaired) electrons. The first kappa shape index (κ1) is 12.7. The molecule has 0 atom stereocenters. The van der Waals surface area contributed by atoms with Gasteiger partial charge in [0, 0.05) is 4.90 Å². The molecule has 0 fully saturated rings. The third kappa shape index (κ3) is 3.34. The highest BCUT2D eigenvalue weighted by atomic mass is 32.1. The molecule has 0 amide bonds. The molecule has 0 aliphatic heterocycles. The number of ether oxygens (including phenoxy) is 2. The Kier molecular flexibility index (Phi) is 3.69. The van der Waals surface area contributed by atoms with Crippen molar-refractivity contribution in [3.05, 3.63) is 23.8 Å². The molecule has 16 heavy (non-hydrogen) atoms. The van der Waals surface area contributed by atoms with Crippen molar-refractivity contribution in [2.75, 3.05) is 7.11 Å². The largest absolute Gasteiger partial charge is 0.573 e. The first-order valence-corrected chi connectivity index (χ1v) is 4.45. The Morgan fingerprint density at radius 2 is 2.00 bits per heavy atom. The van der Waals surface area contributed by atoms with Crippen LogP contribution in [0.15, 0.2) is 23.1 Å². The summed E-state index contributed by atoms with van der Waals surface area (Å²) in [6, 6.07) is 3.43. The highest BCUT2D eigenvalue weighted by Gasteiger charge is 2.32. The van der Waals surface area contributed by atoms with Crippen LogP contribution in [0.5, 0.6) is 5.75 Å². The first-order chi connectivity index (χ1) is 7.33. The molecule has 0 aliphatic rings. The Bertz CT molecular complexity index is 403. The fourth-order valence-corrected chi connectivity index (χ4v) is 1.15. The molecule has 88 valence electrons. The minimum Gasteiger partial charge on any atom is -0.465 e. The van der Waals surface area contributed by atoms with Gasteiger partial charge in [0.25, 0.3) is 0 Å². The van der Waals surface area contributed by atoms with Crippen LogP contribution in [0.3, 0.4) is 0 Å². The molecule has 0 bridgehead atoms. The Morgan fingerprint density at radius 3 is 2.50 bits per heavy atom. The molecule has 0 spiro atoms. The van der Waals surface area contributed by atoms with Gasteiger partial charge in [0.1, 0.15) is 5.75 Å². The van der Waals surface area contributed by atoms with Gasteiger partial charge in [0.15, 0.2) is 0 Å². The molecule has 1 aromatic rings. The average molecular weight is 252 g/mol. The van der Waals surface area contributed by atoms with Gasteiger partial charge in [-0.15, -0.1) is 25.8 Å². The van der Waals surface area contributed by atoms with E-state index in [4.69, 9.17) is 0 Å². The lowest BCUT2D eigenvalue weighted by Crippen LogP contribution is -2.17. The molecule has 0 N–H and O–H groups in total. The molecule has 0 heterocycles. The summed E-state index contributed by atoms with van der Waals surface area (Å²) in [5.74, 6) is -1.29. The molecule has 0 unspecified atom stereocenters. The first-order valence-electron chi connectivity index (χ1n) is 4.00. The molecule has 0 saturated carbocycles. The maximum absolute atomic E-state index is 12.0. The molecule has 1 aromatic carbocycles. The maximum atomic E-state index is 12.0. The van der Waals surface area contributed by atoms with Crippen molar-refractivity contribution in [2.45, 2.75) is 11.3 Å². The Labute approximate surface area is 94.6 Å².